The first-order chi connectivity index (χ1) is 20.1. The van der Waals surface area contributed by atoms with Crippen LogP contribution in [-0.2, 0) is 47.7 Å². The van der Waals surface area contributed by atoms with Crippen LogP contribution in [0.25, 0.3) is 11.1 Å². The van der Waals surface area contributed by atoms with Gasteiger partial charge in [-0.25, -0.2) is 6.07 Å². The van der Waals surface area contributed by atoms with E-state index in [1.54, 1.807) is 5.19 Å². The molecule has 4 aromatic rings. The van der Waals surface area contributed by atoms with E-state index in [1.807, 2.05) is 3.71 Å². The summed E-state index contributed by atoms with van der Waals surface area (Å²) in [6, 6.07) is 24.8. The molecule has 0 fully saturated rings. The van der Waals surface area contributed by atoms with Gasteiger partial charge in [-0.05, 0) is 17.4 Å². The fourth-order valence-corrected chi connectivity index (χ4v) is 7.75. The van der Waals surface area contributed by atoms with Crippen molar-refractivity contribution in [2.45, 2.75) is 98.5 Å². The predicted molar refractivity (Wildman–Crippen MR) is 182 cm³/mol. The molecule has 0 N–H and O–H groups in total. The summed E-state index contributed by atoms with van der Waals surface area (Å²) >= 11 is 1.18. The first-order valence-corrected chi connectivity index (χ1v) is 20.1. The second kappa shape index (κ2) is 16.2. The molecule has 0 aromatic heterocycles. The van der Waals surface area contributed by atoms with Crippen LogP contribution in [0.1, 0.15) is 86.1 Å². The summed E-state index contributed by atoms with van der Waals surface area (Å²) in [4.78, 5) is 0. The molecule has 0 heterocycles. The average Bonchev–Trinajstić information content (AvgIpc) is 3.45. The number of aryl methyl sites for hydroxylation is 2. The molecule has 0 aliphatic heterocycles. The van der Waals surface area contributed by atoms with Crippen LogP contribution in [0.15, 0.2) is 66.7 Å². The quantitative estimate of drug-likeness (QED) is 0.182. The molecule has 0 saturated carbocycles. The third-order valence-corrected chi connectivity index (χ3v) is 11.0. The zero-order valence-electron chi connectivity index (χ0n) is 29.0. The van der Waals surface area contributed by atoms with Crippen molar-refractivity contribution in [3.05, 3.63) is 117 Å². The Balaban J connectivity index is 0.000000365. The molecule has 0 nitrogen and oxygen atoms in total. The molecule has 0 atom stereocenters. The fourth-order valence-electron chi connectivity index (χ4n) is 5.36. The van der Waals surface area contributed by atoms with Crippen molar-refractivity contribution >= 4 is 17.0 Å². The Morgan fingerprint density at radius 3 is 1.70 bits per heavy atom. The number of hydrogen-bond acceptors (Lipinski definition) is 0. The van der Waals surface area contributed by atoms with E-state index in [4.69, 9.17) is 0 Å². The Labute approximate surface area is 304 Å². The van der Waals surface area contributed by atoms with Gasteiger partial charge in [0, 0.05) is 8.07 Å². The number of rotatable bonds is 2. The monoisotopic (exact) mass is 760 g/mol. The van der Waals surface area contributed by atoms with Gasteiger partial charge in [-0.15, -0.1) is 5.56 Å². The number of hydrogen-bond donors (Lipinski definition) is 0. The summed E-state index contributed by atoms with van der Waals surface area (Å²) in [5.74, 6) is 0. The van der Waals surface area contributed by atoms with Crippen molar-refractivity contribution in [1.82, 2.24) is 0 Å². The summed E-state index contributed by atoms with van der Waals surface area (Å²) in [5, 5.41) is 1.62. The Morgan fingerprint density at radius 2 is 1.28 bits per heavy atom. The van der Waals surface area contributed by atoms with E-state index < -0.39 is 19.8 Å². The molecule has 0 bridgehead atoms. The van der Waals surface area contributed by atoms with Gasteiger partial charge in [-0.1, -0.05) is 110 Å². The van der Waals surface area contributed by atoms with Crippen molar-refractivity contribution in [1.29, 1.82) is 0 Å². The van der Waals surface area contributed by atoms with Crippen LogP contribution in [0.4, 0.5) is 13.2 Å². The number of benzene rings is 3. The van der Waals surface area contributed by atoms with Gasteiger partial charge in [-0.2, -0.15) is 51.7 Å². The van der Waals surface area contributed by atoms with Crippen molar-refractivity contribution in [2.24, 2.45) is 0 Å². The Kier molecular flexibility index (Phi) is 14.9. The van der Waals surface area contributed by atoms with Crippen LogP contribution in [0.2, 0.25) is 19.6 Å². The fraction of sp³-hybridized carbons (Fsp3) is 0.385. The summed E-state index contributed by atoms with van der Waals surface area (Å²) in [6.45, 7) is 25.2. The second-order valence-electron chi connectivity index (χ2n) is 15.0. The Bertz CT molecular complexity index is 1540. The van der Waals surface area contributed by atoms with Gasteiger partial charge in [0.1, 0.15) is 0 Å². The third kappa shape index (κ3) is 11.2. The van der Waals surface area contributed by atoms with Crippen LogP contribution < -0.4 is 30.0 Å². The molecule has 5 rings (SSSR count). The minimum atomic E-state index is -4.22. The van der Waals surface area contributed by atoms with E-state index in [0.717, 1.165) is 24.1 Å². The molecular formula is C39H47Cl2F3SiZr-2. The SMILES string of the molecule is CC(C)(C)c1c[c-]c2c(c1)-c1cc(C(C)(C)C)ccc1C2.Cc1cc([Si](C)(C)C)c(C)[cH-]1.FC(F)(F)c1ccc([CH]=[Zr+2])cc1.[Cl-].[Cl-]. The molecule has 1 aliphatic carbocycles. The summed E-state index contributed by atoms with van der Waals surface area (Å²) in [6.07, 6.45) is -3.20. The maximum Gasteiger partial charge on any atom is -1.00 e. The van der Waals surface area contributed by atoms with E-state index in [9.17, 15) is 13.2 Å². The van der Waals surface area contributed by atoms with Crippen molar-refractivity contribution < 1.29 is 62.2 Å². The minimum Gasteiger partial charge on any atom is -1.00 e. The Morgan fingerprint density at radius 1 is 0.761 bits per heavy atom. The van der Waals surface area contributed by atoms with Gasteiger partial charge in [0.15, 0.2) is 0 Å². The summed E-state index contributed by atoms with van der Waals surface area (Å²) in [7, 11) is -1.06. The first kappa shape index (κ1) is 42.4. The maximum absolute atomic E-state index is 12.0. The average molecular weight is 763 g/mol. The molecule has 4 aromatic carbocycles. The van der Waals surface area contributed by atoms with Gasteiger partial charge in [-0.3, -0.25) is 0 Å². The maximum atomic E-state index is 12.0. The molecule has 1 aliphatic rings. The predicted octanol–water partition coefficient (Wildman–Crippen LogP) is 4.63. The minimum absolute atomic E-state index is 0. The Hall–Kier alpha value is -1.65. The summed E-state index contributed by atoms with van der Waals surface area (Å²) in [5.41, 5.74) is 11.9. The number of halogens is 5. The zero-order chi connectivity index (χ0) is 33.3. The standard InChI is InChI=1S/C21H25.C10H17Si.C8H5F3.2ClH.Zr/c1-20(2,3)16-9-7-14-11-15-8-10-17(21(4,5)6)13-19(15)18(14)12-16;1-8-6-9(2)10(7-8)11(3,4)5;1-6-2-4-7(5-3-6)8(9,10)11;;;/h7,9-10,12-13H,11H2,1-6H3;6-7H,1-5H3;1-5H;2*1H;/q2*-1;;;;+2/p-2. The first-order valence-electron chi connectivity index (χ1n) is 15.2. The van der Waals surface area contributed by atoms with E-state index in [-0.39, 0.29) is 35.6 Å². The largest absolute Gasteiger partial charge is 1.00 e. The van der Waals surface area contributed by atoms with Crippen LogP contribution in [0.3, 0.4) is 0 Å². The zero-order valence-corrected chi connectivity index (χ0v) is 34.0. The number of fused-ring (bicyclic) bond motifs is 3. The van der Waals surface area contributed by atoms with Crippen LogP contribution >= 0.6 is 0 Å². The molecule has 46 heavy (non-hydrogen) atoms. The van der Waals surface area contributed by atoms with Crippen LogP contribution in [0, 0.1) is 19.9 Å². The van der Waals surface area contributed by atoms with Gasteiger partial charge < -0.3 is 24.8 Å². The van der Waals surface area contributed by atoms with E-state index in [2.05, 4.69) is 124 Å². The molecule has 0 saturated heterocycles. The third-order valence-electron chi connectivity index (χ3n) is 7.98. The topological polar surface area (TPSA) is 0 Å². The van der Waals surface area contributed by atoms with Gasteiger partial charge in [0.25, 0.3) is 0 Å². The van der Waals surface area contributed by atoms with E-state index in [1.165, 1.54) is 80.9 Å². The summed E-state index contributed by atoms with van der Waals surface area (Å²) < 4.78 is 37.9. The van der Waals surface area contributed by atoms with Crippen molar-refractivity contribution in [2.75, 3.05) is 0 Å². The molecular weight excluding hydrogens is 716 g/mol. The number of alkyl halides is 3. The van der Waals surface area contributed by atoms with E-state index in [0.29, 0.717) is 0 Å². The van der Waals surface area contributed by atoms with Gasteiger partial charge >= 0.3 is 82.7 Å². The smallest absolute Gasteiger partial charge is 1.00 e. The molecule has 7 heteroatoms. The normalized spacial score (nSPS) is 12.3. The van der Waals surface area contributed by atoms with Crippen molar-refractivity contribution in [3.8, 4) is 11.1 Å². The van der Waals surface area contributed by atoms with E-state index >= 15 is 0 Å². The molecule has 0 spiro atoms. The molecule has 0 radical (unpaired) electrons. The molecule has 248 valence electrons. The molecule has 0 amide bonds. The van der Waals surface area contributed by atoms with Crippen molar-refractivity contribution in [3.63, 3.8) is 0 Å². The van der Waals surface area contributed by atoms with Gasteiger partial charge in [0.2, 0.25) is 0 Å². The molecule has 0 unspecified atom stereocenters. The van der Waals surface area contributed by atoms with Gasteiger partial charge in [0.05, 0.1) is 0 Å². The van der Waals surface area contributed by atoms with Crippen LogP contribution in [0.5, 0.6) is 0 Å². The van der Waals surface area contributed by atoms with Crippen LogP contribution in [-0.4, -0.2) is 11.8 Å². The second-order valence-corrected chi connectivity index (χ2v) is 20.7.